The Hall–Kier alpha value is -3.12. The Morgan fingerprint density at radius 2 is 1.60 bits per heavy atom. The number of ether oxygens (including phenoxy) is 2. The second-order valence-corrected chi connectivity index (χ2v) is 8.85. The van der Waals surface area contributed by atoms with Crippen LogP contribution in [0.25, 0.3) is 11.1 Å². The highest BCUT2D eigenvalue weighted by Crippen LogP contribution is 2.40. The van der Waals surface area contributed by atoms with Gasteiger partial charge < -0.3 is 9.47 Å². The number of hydrogen-bond acceptors (Lipinski definition) is 2. The van der Waals surface area contributed by atoms with Crippen molar-refractivity contribution in [3.8, 4) is 16.9 Å². The maximum atomic E-state index is 15.0. The molecule has 3 aromatic rings. The number of rotatable bonds is 8. The molecular formula is C29H28F4O2. The molecule has 0 amide bonds. The molecule has 6 heteroatoms. The second-order valence-electron chi connectivity index (χ2n) is 8.85. The molecule has 2 atom stereocenters. The van der Waals surface area contributed by atoms with Crippen LogP contribution in [0.5, 0.6) is 5.75 Å². The van der Waals surface area contributed by atoms with Crippen molar-refractivity contribution in [2.75, 3.05) is 13.2 Å². The molecule has 4 rings (SSSR count). The van der Waals surface area contributed by atoms with Gasteiger partial charge in [-0.3, -0.25) is 0 Å². The fourth-order valence-corrected chi connectivity index (χ4v) is 4.39. The SMILES string of the molecule is C=CCCCOc1ccc(C2CCC(c3ccc(-c4ccc(C)cc4)c(F)c3F)OC2)c(F)c1F. The van der Waals surface area contributed by atoms with Crippen LogP contribution >= 0.6 is 0 Å². The van der Waals surface area contributed by atoms with Gasteiger partial charge in [-0.25, -0.2) is 13.2 Å². The third-order valence-corrected chi connectivity index (χ3v) is 6.42. The summed E-state index contributed by atoms with van der Waals surface area (Å²) in [6, 6.07) is 13.2. The van der Waals surface area contributed by atoms with Crippen LogP contribution in [0.2, 0.25) is 0 Å². The molecule has 0 N–H and O–H groups in total. The molecule has 184 valence electrons. The van der Waals surface area contributed by atoms with Gasteiger partial charge in [0.15, 0.2) is 23.2 Å². The lowest BCUT2D eigenvalue weighted by molar-refractivity contribution is -0.000660. The van der Waals surface area contributed by atoms with Crippen molar-refractivity contribution in [3.05, 3.63) is 101 Å². The summed E-state index contributed by atoms with van der Waals surface area (Å²) < 4.78 is 70.2. The Labute approximate surface area is 203 Å². The van der Waals surface area contributed by atoms with E-state index in [0.717, 1.165) is 12.0 Å². The lowest BCUT2D eigenvalue weighted by Crippen LogP contribution is -2.21. The first-order chi connectivity index (χ1) is 16.9. The number of unbranched alkanes of at least 4 members (excludes halogenated alkanes) is 1. The maximum absolute atomic E-state index is 15.0. The van der Waals surface area contributed by atoms with E-state index < -0.39 is 35.3 Å². The van der Waals surface area contributed by atoms with E-state index in [-0.39, 0.29) is 35.7 Å². The van der Waals surface area contributed by atoms with E-state index in [9.17, 15) is 17.6 Å². The van der Waals surface area contributed by atoms with E-state index >= 15 is 0 Å². The van der Waals surface area contributed by atoms with Gasteiger partial charge in [0, 0.05) is 17.0 Å². The Balaban J connectivity index is 1.44. The van der Waals surface area contributed by atoms with Crippen LogP contribution < -0.4 is 4.74 Å². The molecule has 3 aromatic carbocycles. The van der Waals surface area contributed by atoms with Gasteiger partial charge >= 0.3 is 0 Å². The summed E-state index contributed by atoms with van der Waals surface area (Å²) in [6.45, 7) is 5.87. The zero-order chi connectivity index (χ0) is 24.9. The smallest absolute Gasteiger partial charge is 0.200 e. The van der Waals surface area contributed by atoms with E-state index in [2.05, 4.69) is 6.58 Å². The van der Waals surface area contributed by atoms with Gasteiger partial charge in [-0.15, -0.1) is 6.58 Å². The van der Waals surface area contributed by atoms with Crippen molar-refractivity contribution in [1.82, 2.24) is 0 Å². The lowest BCUT2D eigenvalue weighted by atomic mass is 9.88. The van der Waals surface area contributed by atoms with Crippen molar-refractivity contribution < 1.29 is 27.0 Å². The van der Waals surface area contributed by atoms with Crippen molar-refractivity contribution >= 4 is 0 Å². The van der Waals surface area contributed by atoms with E-state index in [1.165, 1.54) is 18.2 Å². The van der Waals surface area contributed by atoms with E-state index in [1.807, 2.05) is 19.1 Å². The molecule has 1 saturated heterocycles. The first kappa shape index (κ1) is 25.0. The summed E-state index contributed by atoms with van der Waals surface area (Å²) in [5.74, 6) is -4.37. The second kappa shape index (κ2) is 11.1. The fraction of sp³-hybridized carbons (Fsp3) is 0.310. The van der Waals surface area contributed by atoms with Gasteiger partial charge in [0.25, 0.3) is 0 Å². The summed E-state index contributed by atoms with van der Waals surface area (Å²) in [5, 5.41) is 0. The number of halogens is 4. The molecule has 0 spiro atoms. The standard InChI is InChI=1S/C29H28F4O2/c1-3-4-5-16-34-25-15-13-22(27(31)29(25)33)20-10-14-24(35-17-20)23-12-11-21(26(30)28(23)32)19-8-6-18(2)7-9-19/h3,6-9,11-13,15,20,24H,1,4-5,10,14,16-17H2,2H3. The average molecular weight is 485 g/mol. The molecule has 2 unspecified atom stereocenters. The van der Waals surface area contributed by atoms with E-state index in [1.54, 1.807) is 24.3 Å². The zero-order valence-electron chi connectivity index (χ0n) is 19.6. The molecule has 1 fully saturated rings. The minimum atomic E-state index is -1.02. The molecular weight excluding hydrogens is 456 g/mol. The number of allylic oxidation sites excluding steroid dienone is 1. The molecule has 0 aliphatic carbocycles. The number of benzene rings is 3. The molecule has 1 heterocycles. The minimum absolute atomic E-state index is 0.0708. The maximum Gasteiger partial charge on any atom is 0.200 e. The van der Waals surface area contributed by atoms with Gasteiger partial charge in [-0.1, -0.05) is 54.1 Å². The van der Waals surface area contributed by atoms with Crippen LogP contribution in [0, 0.1) is 30.2 Å². The quantitative estimate of drug-likeness (QED) is 0.182. The highest BCUT2D eigenvalue weighted by Gasteiger charge is 2.30. The van der Waals surface area contributed by atoms with Crippen molar-refractivity contribution in [3.63, 3.8) is 0 Å². The monoisotopic (exact) mass is 484 g/mol. The highest BCUT2D eigenvalue weighted by atomic mass is 19.2. The van der Waals surface area contributed by atoms with Gasteiger partial charge in [-0.05, 0) is 49.8 Å². The van der Waals surface area contributed by atoms with Crippen LogP contribution in [-0.2, 0) is 4.74 Å². The van der Waals surface area contributed by atoms with Gasteiger partial charge in [0.1, 0.15) is 0 Å². The number of hydrogen-bond donors (Lipinski definition) is 0. The zero-order valence-corrected chi connectivity index (χ0v) is 19.6. The largest absolute Gasteiger partial charge is 0.490 e. The molecule has 2 nitrogen and oxygen atoms in total. The lowest BCUT2D eigenvalue weighted by Gasteiger charge is -2.30. The molecule has 0 saturated carbocycles. The first-order valence-electron chi connectivity index (χ1n) is 11.8. The predicted molar refractivity (Wildman–Crippen MR) is 128 cm³/mol. The third-order valence-electron chi connectivity index (χ3n) is 6.42. The Bertz CT molecular complexity index is 1180. The van der Waals surface area contributed by atoms with Gasteiger partial charge in [0.2, 0.25) is 5.82 Å². The molecule has 0 bridgehead atoms. The summed E-state index contributed by atoms with van der Waals surface area (Å²) >= 11 is 0. The molecule has 1 aliphatic heterocycles. The Morgan fingerprint density at radius 1 is 0.886 bits per heavy atom. The minimum Gasteiger partial charge on any atom is -0.490 e. The van der Waals surface area contributed by atoms with Crippen molar-refractivity contribution in [2.45, 2.75) is 44.6 Å². The fourth-order valence-electron chi connectivity index (χ4n) is 4.39. The van der Waals surface area contributed by atoms with Crippen LogP contribution in [-0.4, -0.2) is 13.2 Å². The van der Waals surface area contributed by atoms with Crippen molar-refractivity contribution in [1.29, 1.82) is 0 Å². The van der Waals surface area contributed by atoms with E-state index in [4.69, 9.17) is 9.47 Å². The normalized spacial score (nSPS) is 17.9. The van der Waals surface area contributed by atoms with Crippen LogP contribution in [0.3, 0.4) is 0 Å². The highest BCUT2D eigenvalue weighted by molar-refractivity contribution is 5.65. The summed E-state index contributed by atoms with van der Waals surface area (Å²) in [5.41, 5.74) is 2.13. The molecule has 35 heavy (non-hydrogen) atoms. The Morgan fingerprint density at radius 3 is 2.29 bits per heavy atom. The van der Waals surface area contributed by atoms with Crippen LogP contribution in [0.1, 0.15) is 54.4 Å². The topological polar surface area (TPSA) is 18.5 Å². The third kappa shape index (κ3) is 5.43. The average Bonchev–Trinajstić information content (AvgIpc) is 2.87. The molecule has 1 aliphatic rings. The van der Waals surface area contributed by atoms with Gasteiger partial charge in [-0.2, -0.15) is 4.39 Å². The summed E-state index contributed by atoms with van der Waals surface area (Å²) in [4.78, 5) is 0. The first-order valence-corrected chi connectivity index (χ1v) is 11.8. The summed E-state index contributed by atoms with van der Waals surface area (Å²) in [7, 11) is 0. The Kier molecular flexibility index (Phi) is 7.91. The van der Waals surface area contributed by atoms with Crippen LogP contribution in [0.15, 0.2) is 61.2 Å². The van der Waals surface area contributed by atoms with Crippen molar-refractivity contribution in [2.24, 2.45) is 0 Å². The van der Waals surface area contributed by atoms with Gasteiger partial charge in [0.05, 0.1) is 19.3 Å². The van der Waals surface area contributed by atoms with Crippen LogP contribution in [0.4, 0.5) is 17.6 Å². The number of aryl methyl sites for hydroxylation is 1. The molecule has 0 aromatic heterocycles. The summed E-state index contributed by atoms with van der Waals surface area (Å²) in [6.07, 6.45) is 3.26. The predicted octanol–water partition coefficient (Wildman–Crippen LogP) is 8.20. The molecule has 0 radical (unpaired) electrons. The van der Waals surface area contributed by atoms with E-state index in [0.29, 0.717) is 24.8 Å².